The molecule has 1 amide bonds. The Bertz CT molecular complexity index is 1550. The van der Waals surface area contributed by atoms with Gasteiger partial charge in [-0.25, -0.2) is 0 Å². The summed E-state index contributed by atoms with van der Waals surface area (Å²) in [7, 11) is 4.69. The number of rotatable bonds is 9. The van der Waals surface area contributed by atoms with Crippen molar-refractivity contribution in [2.75, 3.05) is 44.6 Å². The number of halogens is 1. The van der Waals surface area contributed by atoms with Crippen molar-refractivity contribution in [1.82, 2.24) is 5.32 Å². The van der Waals surface area contributed by atoms with Crippen LogP contribution in [0.3, 0.4) is 0 Å². The van der Waals surface area contributed by atoms with Crippen LogP contribution in [0.5, 0.6) is 17.2 Å². The van der Waals surface area contributed by atoms with Gasteiger partial charge in [-0.3, -0.25) is 9.59 Å². The lowest BCUT2D eigenvalue weighted by atomic mass is 9.73. The number of allylic oxidation sites excluding steroid dienone is 1. The Morgan fingerprint density at radius 2 is 1.70 bits per heavy atom. The summed E-state index contributed by atoms with van der Waals surface area (Å²) in [5, 5.41) is 7.33. The van der Waals surface area contributed by atoms with Crippen LogP contribution in [-0.2, 0) is 16.0 Å². The first kappa shape index (κ1) is 30.3. The van der Waals surface area contributed by atoms with Gasteiger partial charge in [-0.05, 0) is 60.2 Å². The molecule has 9 heteroatoms. The summed E-state index contributed by atoms with van der Waals surface area (Å²) >= 11 is 6.02. The minimum Gasteiger partial charge on any atom is -0.493 e. The van der Waals surface area contributed by atoms with Crippen LogP contribution in [0.1, 0.15) is 43.9 Å². The molecule has 1 unspecified atom stereocenters. The molecule has 2 aliphatic rings. The van der Waals surface area contributed by atoms with Gasteiger partial charge in [0.15, 0.2) is 17.3 Å². The number of benzene rings is 3. The zero-order chi connectivity index (χ0) is 30.7. The second-order valence-corrected chi connectivity index (χ2v) is 12.1. The molecule has 3 aromatic rings. The van der Waals surface area contributed by atoms with Gasteiger partial charge in [0.1, 0.15) is 0 Å². The van der Waals surface area contributed by atoms with Crippen molar-refractivity contribution in [1.29, 1.82) is 0 Å². The van der Waals surface area contributed by atoms with Gasteiger partial charge in [-0.15, -0.1) is 0 Å². The highest BCUT2D eigenvalue weighted by Gasteiger charge is 2.43. The third kappa shape index (κ3) is 6.30. The molecule has 1 heterocycles. The van der Waals surface area contributed by atoms with Gasteiger partial charge in [-0.1, -0.05) is 49.7 Å². The van der Waals surface area contributed by atoms with Crippen molar-refractivity contribution >= 4 is 34.7 Å². The van der Waals surface area contributed by atoms with E-state index >= 15 is 0 Å². The third-order valence-electron chi connectivity index (χ3n) is 8.00. The smallest absolute Gasteiger partial charge is 0.239 e. The van der Waals surface area contributed by atoms with Crippen molar-refractivity contribution in [2.24, 2.45) is 5.41 Å². The number of anilines is 2. The van der Waals surface area contributed by atoms with Crippen LogP contribution in [0.25, 0.3) is 0 Å². The number of para-hydroxylation sites is 2. The number of amides is 1. The predicted molar refractivity (Wildman–Crippen MR) is 169 cm³/mol. The molecule has 43 heavy (non-hydrogen) atoms. The van der Waals surface area contributed by atoms with Gasteiger partial charge in [0, 0.05) is 34.8 Å². The number of ketones is 1. The Morgan fingerprint density at radius 1 is 0.977 bits per heavy atom. The fourth-order valence-electron chi connectivity index (χ4n) is 6.10. The van der Waals surface area contributed by atoms with E-state index in [0.29, 0.717) is 59.2 Å². The number of carbonyl (C=O) groups excluding carboxylic acids is 2. The fourth-order valence-corrected chi connectivity index (χ4v) is 6.22. The predicted octanol–water partition coefficient (Wildman–Crippen LogP) is 6.34. The van der Waals surface area contributed by atoms with Crippen molar-refractivity contribution in [3.8, 4) is 17.2 Å². The molecule has 0 saturated heterocycles. The zero-order valence-electron chi connectivity index (χ0n) is 25.3. The maximum Gasteiger partial charge on any atom is 0.239 e. The Kier molecular flexibility index (Phi) is 8.87. The van der Waals surface area contributed by atoms with Crippen LogP contribution < -0.4 is 29.7 Å². The van der Waals surface area contributed by atoms with Crippen molar-refractivity contribution in [2.45, 2.75) is 39.2 Å². The lowest BCUT2D eigenvalue weighted by Gasteiger charge is -2.38. The van der Waals surface area contributed by atoms with E-state index in [1.54, 1.807) is 21.3 Å². The van der Waals surface area contributed by atoms with Gasteiger partial charge in [0.2, 0.25) is 11.7 Å². The number of fused-ring (bicyclic) bond motifs is 1. The standard InChI is InChI=1S/C34H38ClN3O5/c1-34(2)18-25-30(27(39)19-34)31(23-14-15-28(41-3)33(43-5)32(23)42-4)38(26-9-7-6-8-24(26)37-25)20-29(40)36-17-16-21-10-12-22(35)13-11-21/h6-15,31,37H,16-20H2,1-5H3,(H,36,40). The average Bonchev–Trinajstić information content (AvgIpc) is 3.11. The van der Waals surface area contributed by atoms with Crippen molar-refractivity contribution < 1.29 is 23.8 Å². The molecule has 1 aliphatic carbocycles. The molecule has 0 spiro atoms. The first-order valence-corrected chi connectivity index (χ1v) is 14.7. The summed E-state index contributed by atoms with van der Waals surface area (Å²) in [5.41, 5.74) is 4.66. The summed E-state index contributed by atoms with van der Waals surface area (Å²) in [5.74, 6) is 1.24. The molecule has 2 N–H and O–H groups in total. The number of carbonyl (C=O) groups is 2. The van der Waals surface area contributed by atoms with Crippen LogP contribution >= 0.6 is 11.6 Å². The maximum absolute atomic E-state index is 14.1. The molecular weight excluding hydrogens is 566 g/mol. The van der Waals surface area contributed by atoms with Crippen molar-refractivity contribution in [3.05, 3.63) is 88.1 Å². The molecule has 0 radical (unpaired) electrons. The molecule has 1 aliphatic heterocycles. The molecule has 3 aromatic carbocycles. The fraction of sp³-hybridized carbons (Fsp3) is 0.353. The Hall–Kier alpha value is -4.17. The summed E-state index contributed by atoms with van der Waals surface area (Å²) in [4.78, 5) is 29.7. The molecule has 0 bridgehead atoms. The minimum absolute atomic E-state index is 0.00886. The Labute approximate surface area is 258 Å². The van der Waals surface area contributed by atoms with Gasteiger partial charge in [-0.2, -0.15) is 0 Å². The van der Waals surface area contributed by atoms with E-state index in [1.165, 1.54) is 0 Å². The monoisotopic (exact) mass is 603 g/mol. The van der Waals surface area contributed by atoms with Gasteiger partial charge < -0.3 is 29.7 Å². The van der Waals surface area contributed by atoms with E-state index in [4.69, 9.17) is 25.8 Å². The second kappa shape index (κ2) is 12.6. The zero-order valence-corrected chi connectivity index (χ0v) is 26.0. The van der Waals surface area contributed by atoms with Crippen LogP contribution in [0.4, 0.5) is 11.4 Å². The summed E-state index contributed by atoms with van der Waals surface area (Å²) in [6.45, 7) is 4.67. The molecule has 1 atom stereocenters. The Balaban J connectivity index is 1.60. The largest absolute Gasteiger partial charge is 0.493 e. The van der Waals surface area contributed by atoms with Crippen LogP contribution in [0.15, 0.2) is 71.9 Å². The SMILES string of the molecule is COc1ccc(C2C3=C(CC(C)(C)CC3=O)Nc3ccccc3N2CC(=O)NCCc2ccc(Cl)cc2)c(OC)c1OC. The highest BCUT2D eigenvalue weighted by Crippen LogP contribution is 2.52. The summed E-state index contributed by atoms with van der Waals surface area (Å²) in [6.07, 6.45) is 1.73. The number of nitrogens with zero attached hydrogens (tertiary/aromatic N) is 1. The molecule has 5 rings (SSSR count). The lowest BCUT2D eigenvalue weighted by Crippen LogP contribution is -2.42. The van der Waals surface area contributed by atoms with Crippen LogP contribution in [-0.4, -0.2) is 46.1 Å². The van der Waals surface area contributed by atoms with E-state index in [0.717, 1.165) is 22.6 Å². The highest BCUT2D eigenvalue weighted by atomic mass is 35.5. The number of nitrogens with one attached hydrogen (secondary N) is 2. The maximum atomic E-state index is 14.1. The molecule has 8 nitrogen and oxygen atoms in total. The van der Waals surface area contributed by atoms with Gasteiger partial charge in [0.05, 0.1) is 45.3 Å². The molecule has 226 valence electrons. The van der Waals surface area contributed by atoms with E-state index in [9.17, 15) is 9.59 Å². The number of ether oxygens (including phenoxy) is 3. The second-order valence-electron chi connectivity index (χ2n) is 11.7. The summed E-state index contributed by atoms with van der Waals surface area (Å²) in [6, 6.07) is 18.5. The van der Waals surface area contributed by atoms with E-state index in [-0.39, 0.29) is 23.7 Å². The molecule has 0 fully saturated rings. The van der Waals surface area contributed by atoms with E-state index in [2.05, 4.69) is 24.5 Å². The highest BCUT2D eigenvalue weighted by molar-refractivity contribution is 6.30. The van der Waals surface area contributed by atoms with E-state index in [1.807, 2.05) is 65.6 Å². The summed E-state index contributed by atoms with van der Waals surface area (Å²) < 4.78 is 17.2. The number of Topliss-reactive ketones (excluding diaryl/α,β-unsaturated/α-hetero) is 1. The number of methoxy groups -OCH3 is 3. The number of hydrogen-bond acceptors (Lipinski definition) is 7. The van der Waals surface area contributed by atoms with Crippen LogP contribution in [0, 0.1) is 5.41 Å². The van der Waals surface area contributed by atoms with Gasteiger partial charge >= 0.3 is 0 Å². The molecule has 0 saturated carbocycles. The lowest BCUT2D eigenvalue weighted by molar-refractivity contribution is -0.120. The third-order valence-corrected chi connectivity index (χ3v) is 8.25. The van der Waals surface area contributed by atoms with Crippen molar-refractivity contribution in [3.63, 3.8) is 0 Å². The van der Waals surface area contributed by atoms with Gasteiger partial charge in [0.25, 0.3) is 0 Å². The Morgan fingerprint density at radius 3 is 2.40 bits per heavy atom. The average molecular weight is 604 g/mol. The number of hydrogen-bond donors (Lipinski definition) is 2. The topological polar surface area (TPSA) is 89.1 Å². The minimum atomic E-state index is -0.633. The van der Waals surface area contributed by atoms with Crippen LogP contribution in [0.2, 0.25) is 5.02 Å². The molecular formula is C34H38ClN3O5. The first-order chi connectivity index (χ1) is 20.7. The normalized spacial score (nSPS) is 17.3. The quantitative estimate of drug-likeness (QED) is 0.295. The first-order valence-electron chi connectivity index (χ1n) is 14.3. The molecule has 0 aromatic heterocycles. The van der Waals surface area contributed by atoms with E-state index < -0.39 is 6.04 Å².